The Morgan fingerprint density at radius 1 is 1.29 bits per heavy atom. The molecule has 2 aliphatic rings. The fourth-order valence-electron chi connectivity index (χ4n) is 3.22. The molecule has 2 aliphatic carbocycles. The molecule has 1 nitrogen and oxygen atoms in total. The van der Waals surface area contributed by atoms with Crippen LogP contribution < -0.4 is 0 Å². The van der Waals surface area contributed by atoms with E-state index in [1.807, 2.05) is 0 Å². The lowest BCUT2D eigenvalue weighted by molar-refractivity contribution is -0.122. The number of fused-ring (bicyclic) bond motifs is 1. The zero-order chi connectivity index (χ0) is 10.2. The van der Waals surface area contributed by atoms with Gasteiger partial charge in [-0.25, -0.2) is 0 Å². The third-order valence-corrected chi connectivity index (χ3v) is 4.66. The van der Waals surface area contributed by atoms with Crippen molar-refractivity contribution in [2.24, 2.45) is 10.8 Å². The van der Waals surface area contributed by atoms with Crippen molar-refractivity contribution in [3.63, 3.8) is 0 Å². The molecule has 78 valence electrons. The van der Waals surface area contributed by atoms with Crippen LogP contribution in [0.15, 0.2) is 11.6 Å². The minimum Gasteiger partial charge on any atom is -0.303 e. The highest BCUT2D eigenvalue weighted by Crippen LogP contribution is 2.56. The lowest BCUT2D eigenvalue weighted by Gasteiger charge is -2.50. The Bertz CT molecular complexity index is 279. The lowest BCUT2D eigenvalue weighted by Crippen LogP contribution is -2.44. The molecule has 0 radical (unpaired) electrons. The third kappa shape index (κ3) is 1.18. The Kier molecular flexibility index (Phi) is 2.29. The van der Waals surface area contributed by atoms with Crippen molar-refractivity contribution in [1.29, 1.82) is 0 Å². The van der Waals surface area contributed by atoms with Gasteiger partial charge < -0.3 is 4.79 Å². The lowest BCUT2D eigenvalue weighted by atomic mass is 9.53. The van der Waals surface area contributed by atoms with Gasteiger partial charge in [0.15, 0.2) is 0 Å². The predicted molar refractivity (Wildman–Crippen MR) is 58.1 cm³/mol. The summed E-state index contributed by atoms with van der Waals surface area (Å²) in [7, 11) is 0. The Hall–Kier alpha value is -0.590. The van der Waals surface area contributed by atoms with Crippen LogP contribution in [-0.4, -0.2) is 6.29 Å². The van der Waals surface area contributed by atoms with Gasteiger partial charge in [0.05, 0.1) is 0 Å². The Balaban J connectivity index is 2.41. The molecule has 0 aromatic rings. The van der Waals surface area contributed by atoms with Gasteiger partial charge in [0.1, 0.15) is 6.29 Å². The summed E-state index contributed by atoms with van der Waals surface area (Å²) in [6.45, 7) is 4.45. The molecule has 0 aromatic carbocycles. The van der Waals surface area contributed by atoms with E-state index in [1.165, 1.54) is 32.0 Å². The first-order valence-corrected chi connectivity index (χ1v) is 5.78. The summed E-state index contributed by atoms with van der Waals surface area (Å²) in [5, 5.41) is 0. The number of carbonyl (C=O) groups is 1. The number of allylic oxidation sites excluding steroid dienone is 2. The zero-order valence-electron chi connectivity index (χ0n) is 9.31. The summed E-state index contributed by atoms with van der Waals surface area (Å²) >= 11 is 0. The van der Waals surface area contributed by atoms with Gasteiger partial charge in [0.2, 0.25) is 0 Å². The smallest absolute Gasteiger partial charge is 0.126 e. The molecule has 2 rings (SSSR count). The predicted octanol–water partition coefficient (Wildman–Crippen LogP) is 3.49. The van der Waals surface area contributed by atoms with Crippen LogP contribution in [0.25, 0.3) is 0 Å². The van der Waals surface area contributed by atoms with E-state index >= 15 is 0 Å². The molecule has 2 unspecified atom stereocenters. The van der Waals surface area contributed by atoms with Crippen molar-refractivity contribution in [1.82, 2.24) is 0 Å². The summed E-state index contributed by atoms with van der Waals surface area (Å²) in [4.78, 5) is 11.3. The van der Waals surface area contributed by atoms with Crippen molar-refractivity contribution in [2.75, 3.05) is 0 Å². The Labute approximate surface area is 86.6 Å². The molecule has 0 aliphatic heterocycles. The van der Waals surface area contributed by atoms with Gasteiger partial charge in [-0.2, -0.15) is 0 Å². The third-order valence-electron chi connectivity index (χ3n) is 4.66. The Morgan fingerprint density at radius 2 is 2.07 bits per heavy atom. The molecule has 1 heteroatoms. The van der Waals surface area contributed by atoms with E-state index in [-0.39, 0.29) is 10.8 Å². The highest BCUT2D eigenvalue weighted by Gasteiger charge is 2.48. The Morgan fingerprint density at radius 3 is 2.79 bits per heavy atom. The second-order valence-electron chi connectivity index (χ2n) is 5.34. The van der Waals surface area contributed by atoms with Crippen LogP contribution in [0.2, 0.25) is 0 Å². The van der Waals surface area contributed by atoms with Crippen molar-refractivity contribution in [3.8, 4) is 0 Å². The molecule has 14 heavy (non-hydrogen) atoms. The quantitative estimate of drug-likeness (QED) is 0.459. The van der Waals surface area contributed by atoms with E-state index in [0.29, 0.717) is 0 Å². The molecule has 0 heterocycles. The molecule has 0 aromatic heterocycles. The molecular weight excluding hydrogens is 172 g/mol. The van der Waals surface area contributed by atoms with Crippen molar-refractivity contribution in [3.05, 3.63) is 11.6 Å². The van der Waals surface area contributed by atoms with E-state index in [0.717, 1.165) is 12.8 Å². The second kappa shape index (κ2) is 3.22. The largest absolute Gasteiger partial charge is 0.303 e. The van der Waals surface area contributed by atoms with Crippen LogP contribution in [0.5, 0.6) is 0 Å². The standard InChI is InChI=1S/C13H20O/c1-12(10-14)8-5-7-11-6-3-4-9-13(11,12)2/h7,10H,3-6,8-9H2,1-2H3. The normalized spacial score (nSPS) is 42.6. The molecule has 2 atom stereocenters. The van der Waals surface area contributed by atoms with Gasteiger partial charge >= 0.3 is 0 Å². The van der Waals surface area contributed by atoms with E-state index in [4.69, 9.17) is 0 Å². The van der Waals surface area contributed by atoms with Crippen LogP contribution >= 0.6 is 0 Å². The van der Waals surface area contributed by atoms with Crippen LogP contribution in [-0.2, 0) is 4.79 Å². The maximum absolute atomic E-state index is 11.3. The second-order valence-corrected chi connectivity index (χ2v) is 5.34. The van der Waals surface area contributed by atoms with E-state index in [9.17, 15) is 4.79 Å². The first-order valence-electron chi connectivity index (χ1n) is 5.78. The van der Waals surface area contributed by atoms with Crippen LogP contribution in [0, 0.1) is 10.8 Å². The summed E-state index contributed by atoms with van der Waals surface area (Å²) in [5.74, 6) is 0. The molecule has 0 N–H and O–H groups in total. The van der Waals surface area contributed by atoms with Gasteiger partial charge in [-0.15, -0.1) is 0 Å². The summed E-state index contributed by atoms with van der Waals surface area (Å²) < 4.78 is 0. The zero-order valence-corrected chi connectivity index (χ0v) is 9.31. The maximum atomic E-state index is 11.3. The fraction of sp³-hybridized carbons (Fsp3) is 0.769. The molecule has 0 amide bonds. The van der Waals surface area contributed by atoms with Crippen molar-refractivity contribution < 1.29 is 4.79 Å². The van der Waals surface area contributed by atoms with E-state index in [2.05, 4.69) is 19.9 Å². The van der Waals surface area contributed by atoms with Crippen LogP contribution in [0.3, 0.4) is 0 Å². The van der Waals surface area contributed by atoms with Gasteiger partial charge in [-0.3, -0.25) is 0 Å². The highest BCUT2D eigenvalue weighted by atomic mass is 16.1. The maximum Gasteiger partial charge on any atom is 0.126 e. The first-order chi connectivity index (χ1) is 6.62. The van der Waals surface area contributed by atoms with Crippen LogP contribution in [0.4, 0.5) is 0 Å². The number of hydrogen-bond donors (Lipinski definition) is 0. The molecule has 0 bridgehead atoms. The van der Waals surface area contributed by atoms with Gasteiger partial charge in [0.25, 0.3) is 0 Å². The minimum atomic E-state index is -0.0997. The molecule has 1 fully saturated rings. The van der Waals surface area contributed by atoms with Gasteiger partial charge in [0, 0.05) is 10.8 Å². The molecular formula is C13H20O. The first kappa shape index (κ1) is 9.95. The molecule has 1 saturated carbocycles. The summed E-state index contributed by atoms with van der Waals surface area (Å²) in [6.07, 6.45) is 10.8. The van der Waals surface area contributed by atoms with E-state index < -0.39 is 0 Å². The number of aldehydes is 1. The van der Waals surface area contributed by atoms with Crippen molar-refractivity contribution in [2.45, 2.75) is 52.4 Å². The minimum absolute atomic E-state index is 0.0997. The summed E-state index contributed by atoms with van der Waals surface area (Å²) in [5.41, 5.74) is 1.63. The van der Waals surface area contributed by atoms with Gasteiger partial charge in [-0.05, 0) is 32.1 Å². The SMILES string of the molecule is CC1(C=O)CCC=C2CCCCC21C. The highest BCUT2D eigenvalue weighted by molar-refractivity contribution is 5.62. The monoisotopic (exact) mass is 192 g/mol. The van der Waals surface area contributed by atoms with Gasteiger partial charge in [-0.1, -0.05) is 31.9 Å². The van der Waals surface area contributed by atoms with Crippen LogP contribution in [0.1, 0.15) is 52.4 Å². The number of carbonyl (C=O) groups excluding carboxylic acids is 1. The number of rotatable bonds is 1. The summed E-state index contributed by atoms with van der Waals surface area (Å²) in [6, 6.07) is 0. The number of hydrogen-bond acceptors (Lipinski definition) is 1. The van der Waals surface area contributed by atoms with E-state index in [1.54, 1.807) is 5.57 Å². The fourth-order valence-corrected chi connectivity index (χ4v) is 3.22. The molecule has 0 saturated heterocycles. The van der Waals surface area contributed by atoms with Crippen molar-refractivity contribution >= 4 is 6.29 Å². The average Bonchev–Trinajstić information content (AvgIpc) is 2.20. The average molecular weight is 192 g/mol. The molecule has 0 spiro atoms. The topological polar surface area (TPSA) is 17.1 Å².